The zero-order valence-electron chi connectivity index (χ0n) is 5.91. The summed E-state index contributed by atoms with van der Waals surface area (Å²) in [7, 11) is 0. The van der Waals surface area contributed by atoms with Crippen molar-refractivity contribution in [2.45, 2.75) is 0 Å². The molecule has 0 atom stereocenters. The maximum absolute atomic E-state index is 3.95. The molecule has 0 aliphatic heterocycles. The smallest absolute Gasteiger partial charge is 0.226 e. The van der Waals surface area contributed by atoms with Gasteiger partial charge in [-0.2, -0.15) is 0 Å². The van der Waals surface area contributed by atoms with E-state index >= 15 is 0 Å². The minimum atomic E-state index is 0.658. The second-order valence-corrected chi connectivity index (χ2v) is 3.58. The molecular formula is C6H4N4S2. The van der Waals surface area contributed by atoms with Gasteiger partial charge in [-0.3, -0.25) is 0 Å². The fraction of sp³-hybridized carbons (Fsp3) is 0. The molecule has 60 valence electrons. The Balaban J connectivity index is 2.14. The van der Waals surface area contributed by atoms with Gasteiger partial charge in [0.25, 0.3) is 0 Å². The summed E-state index contributed by atoms with van der Waals surface area (Å²) in [5.74, 6) is 0. The third kappa shape index (κ3) is 1.72. The van der Waals surface area contributed by atoms with E-state index in [0.29, 0.717) is 10.3 Å². The van der Waals surface area contributed by atoms with Crippen LogP contribution in [0.5, 0.6) is 0 Å². The van der Waals surface area contributed by atoms with Gasteiger partial charge in [-0.1, -0.05) is 0 Å². The van der Waals surface area contributed by atoms with Gasteiger partial charge in [-0.25, -0.2) is 9.97 Å². The van der Waals surface area contributed by atoms with Crippen LogP contribution in [0.1, 0.15) is 0 Å². The van der Waals surface area contributed by atoms with E-state index in [1.54, 1.807) is 12.4 Å². The van der Waals surface area contributed by atoms with Gasteiger partial charge in [0.05, 0.1) is 0 Å². The lowest BCUT2D eigenvalue weighted by Gasteiger charge is -1.78. The molecule has 2 aromatic heterocycles. The van der Waals surface area contributed by atoms with Crippen molar-refractivity contribution in [3.63, 3.8) is 0 Å². The van der Waals surface area contributed by atoms with Gasteiger partial charge in [0.1, 0.15) is 0 Å². The molecule has 2 heterocycles. The highest BCUT2D eigenvalue weighted by molar-refractivity contribution is 7.13. The summed E-state index contributed by atoms with van der Waals surface area (Å²) in [6.07, 6.45) is 3.39. The van der Waals surface area contributed by atoms with Gasteiger partial charge in [0.15, 0.2) is 0 Å². The predicted octanol–water partition coefficient (Wildman–Crippen LogP) is 3.02. The van der Waals surface area contributed by atoms with Crippen LogP contribution in [0.15, 0.2) is 33.4 Å². The van der Waals surface area contributed by atoms with Crippen molar-refractivity contribution in [1.29, 1.82) is 0 Å². The Morgan fingerprint density at radius 1 is 0.917 bits per heavy atom. The first-order valence-corrected chi connectivity index (χ1v) is 4.92. The highest BCUT2D eigenvalue weighted by Gasteiger charge is 1.92. The van der Waals surface area contributed by atoms with Gasteiger partial charge < -0.3 is 0 Å². The van der Waals surface area contributed by atoms with E-state index in [4.69, 9.17) is 0 Å². The van der Waals surface area contributed by atoms with Crippen LogP contribution < -0.4 is 0 Å². The van der Waals surface area contributed by atoms with Crippen LogP contribution in [0.2, 0.25) is 0 Å². The second kappa shape index (κ2) is 3.51. The topological polar surface area (TPSA) is 50.5 Å². The summed E-state index contributed by atoms with van der Waals surface area (Å²) < 4.78 is 0. The molecule has 0 bridgehead atoms. The molecule has 0 aliphatic carbocycles. The van der Waals surface area contributed by atoms with Crippen molar-refractivity contribution < 1.29 is 0 Å². The van der Waals surface area contributed by atoms with Gasteiger partial charge in [0, 0.05) is 23.2 Å². The Kier molecular flexibility index (Phi) is 2.19. The third-order valence-electron chi connectivity index (χ3n) is 1.06. The van der Waals surface area contributed by atoms with Crippen molar-refractivity contribution in [3.8, 4) is 0 Å². The lowest BCUT2D eigenvalue weighted by Crippen LogP contribution is -1.57. The van der Waals surface area contributed by atoms with Crippen LogP contribution in [-0.4, -0.2) is 9.97 Å². The van der Waals surface area contributed by atoms with E-state index in [9.17, 15) is 0 Å². The summed E-state index contributed by atoms with van der Waals surface area (Å²) >= 11 is 2.90. The van der Waals surface area contributed by atoms with Crippen LogP contribution in [0.25, 0.3) is 0 Å². The Hall–Kier alpha value is -1.14. The summed E-state index contributed by atoms with van der Waals surface area (Å²) in [6, 6.07) is 0. The van der Waals surface area contributed by atoms with Gasteiger partial charge in [0.2, 0.25) is 10.3 Å². The minimum Gasteiger partial charge on any atom is -0.226 e. The quantitative estimate of drug-likeness (QED) is 0.693. The number of nitrogens with zero attached hydrogens (tertiary/aromatic N) is 4. The predicted molar refractivity (Wildman–Crippen MR) is 48.4 cm³/mol. The summed E-state index contributed by atoms with van der Waals surface area (Å²) in [6.45, 7) is 0. The first-order chi connectivity index (χ1) is 5.95. The average molecular weight is 196 g/mol. The van der Waals surface area contributed by atoms with Crippen LogP contribution in [-0.2, 0) is 0 Å². The van der Waals surface area contributed by atoms with Crippen molar-refractivity contribution in [1.82, 2.24) is 9.97 Å². The Morgan fingerprint density at radius 2 is 1.42 bits per heavy atom. The number of hydrogen-bond acceptors (Lipinski definition) is 6. The molecule has 0 saturated carbocycles. The number of aromatic nitrogens is 2. The lowest BCUT2D eigenvalue weighted by molar-refractivity contribution is 1.17. The minimum absolute atomic E-state index is 0.658. The van der Waals surface area contributed by atoms with Gasteiger partial charge in [-0.05, 0) is 0 Å². The summed E-state index contributed by atoms with van der Waals surface area (Å²) in [5.41, 5.74) is 0. The fourth-order valence-electron chi connectivity index (χ4n) is 0.616. The van der Waals surface area contributed by atoms with E-state index in [0.717, 1.165) is 0 Å². The normalized spacial score (nSPS) is 11.0. The van der Waals surface area contributed by atoms with E-state index in [1.807, 2.05) is 10.8 Å². The Labute approximate surface area is 76.7 Å². The molecule has 2 rings (SSSR count). The molecule has 4 nitrogen and oxygen atoms in total. The maximum atomic E-state index is 3.95. The van der Waals surface area contributed by atoms with Crippen LogP contribution in [0.4, 0.5) is 10.3 Å². The molecule has 0 saturated heterocycles. The van der Waals surface area contributed by atoms with Crippen molar-refractivity contribution in [2.24, 2.45) is 10.2 Å². The summed E-state index contributed by atoms with van der Waals surface area (Å²) in [4.78, 5) is 7.90. The van der Waals surface area contributed by atoms with Crippen LogP contribution >= 0.6 is 22.7 Å². The Bertz CT molecular complexity index is 315. The number of thiazole rings is 2. The van der Waals surface area contributed by atoms with Gasteiger partial charge in [-0.15, -0.1) is 32.9 Å². The van der Waals surface area contributed by atoms with Crippen LogP contribution in [0, 0.1) is 0 Å². The zero-order chi connectivity index (χ0) is 8.23. The lowest BCUT2D eigenvalue weighted by atomic mass is 11.0. The molecule has 0 unspecified atom stereocenters. The molecular weight excluding hydrogens is 192 g/mol. The Morgan fingerprint density at radius 3 is 1.75 bits per heavy atom. The molecule has 12 heavy (non-hydrogen) atoms. The molecule has 6 heteroatoms. The first-order valence-electron chi connectivity index (χ1n) is 3.16. The average Bonchev–Trinajstić information content (AvgIpc) is 2.74. The number of rotatable bonds is 2. The molecule has 0 radical (unpaired) electrons. The highest BCUT2D eigenvalue weighted by Crippen LogP contribution is 2.20. The SMILES string of the molecule is c1csc(N=Nc2nccs2)n1. The molecule has 0 fully saturated rings. The molecule has 0 amide bonds. The van der Waals surface area contributed by atoms with E-state index in [1.165, 1.54) is 22.7 Å². The van der Waals surface area contributed by atoms with Crippen molar-refractivity contribution >= 4 is 32.9 Å². The monoisotopic (exact) mass is 196 g/mol. The fourth-order valence-corrected chi connectivity index (χ4v) is 1.52. The molecule has 0 spiro atoms. The standard InChI is InChI=1S/C6H4N4S2/c1-3-11-5(7-1)9-10-6-8-2-4-12-6/h1-4H. The second-order valence-electron chi connectivity index (χ2n) is 1.83. The summed E-state index contributed by atoms with van der Waals surface area (Å²) in [5, 5.41) is 12.8. The maximum Gasteiger partial charge on any atom is 0.229 e. The highest BCUT2D eigenvalue weighted by atomic mass is 32.1. The molecule has 2 aromatic rings. The number of hydrogen-bond donors (Lipinski definition) is 0. The van der Waals surface area contributed by atoms with E-state index in [2.05, 4.69) is 20.2 Å². The zero-order valence-corrected chi connectivity index (χ0v) is 7.55. The van der Waals surface area contributed by atoms with Crippen molar-refractivity contribution in [2.75, 3.05) is 0 Å². The molecule has 0 aromatic carbocycles. The first kappa shape index (κ1) is 7.51. The number of azo groups is 1. The molecule has 0 aliphatic rings. The van der Waals surface area contributed by atoms with E-state index in [-0.39, 0.29) is 0 Å². The van der Waals surface area contributed by atoms with Crippen molar-refractivity contribution in [3.05, 3.63) is 23.2 Å². The van der Waals surface area contributed by atoms with Gasteiger partial charge >= 0.3 is 0 Å². The van der Waals surface area contributed by atoms with Crippen LogP contribution in [0.3, 0.4) is 0 Å². The molecule has 0 N–H and O–H groups in total. The third-order valence-corrected chi connectivity index (χ3v) is 2.37. The van der Waals surface area contributed by atoms with E-state index < -0.39 is 0 Å². The largest absolute Gasteiger partial charge is 0.229 e.